The first-order chi connectivity index (χ1) is 16.5. The molecule has 8 heteroatoms. The zero-order chi connectivity index (χ0) is 23.9. The Hall–Kier alpha value is -3.42. The number of rotatable bonds is 11. The van der Waals surface area contributed by atoms with Crippen molar-refractivity contribution in [1.29, 1.82) is 0 Å². The van der Waals surface area contributed by atoms with Crippen molar-refractivity contribution in [3.05, 3.63) is 53.3 Å². The summed E-state index contributed by atoms with van der Waals surface area (Å²) in [6.45, 7) is 1.00. The summed E-state index contributed by atoms with van der Waals surface area (Å²) in [7, 11) is 1.81. The van der Waals surface area contributed by atoms with Gasteiger partial charge in [-0.2, -0.15) is 5.10 Å². The van der Waals surface area contributed by atoms with Gasteiger partial charge in [0.15, 0.2) is 0 Å². The van der Waals surface area contributed by atoms with Crippen LogP contribution in [0.2, 0.25) is 0 Å². The summed E-state index contributed by atoms with van der Waals surface area (Å²) in [5, 5.41) is 20.7. The Morgan fingerprint density at radius 1 is 1.15 bits per heavy atom. The second-order valence-electron chi connectivity index (χ2n) is 9.05. The van der Waals surface area contributed by atoms with Crippen LogP contribution in [0.1, 0.15) is 66.6 Å². The van der Waals surface area contributed by atoms with E-state index < -0.39 is 12.0 Å². The van der Waals surface area contributed by atoms with Crippen LogP contribution in [0.25, 0.3) is 10.9 Å². The Morgan fingerprint density at radius 3 is 2.82 bits per heavy atom. The van der Waals surface area contributed by atoms with Crippen LogP contribution in [0.15, 0.2) is 36.5 Å². The highest BCUT2D eigenvalue weighted by molar-refractivity contribution is 5.99. The predicted octanol–water partition coefficient (Wildman–Crippen LogP) is 4.09. The Balaban J connectivity index is 1.17. The Morgan fingerprint density at radius 2 is 1.97 bits per heavy atom. The van der Waals surface area contributed by atoms with E-state index >= 15 is 0 Å². The molecule has 34 heavy (non-hydrogen) atoms. The van der Waals surface area contributed by atoms with E-state index in [0.717, 1.165) is 73.9 Å². The van der Waals surface area contributed by atoms with Crippen LogP contribution in [0.3, 0.4) is 0 Å². The quantitative estimate of drug-likeness (QED) is 0.370. The van der Waals surface area contributed by atoms with Gasteiger partial charge in [0.1, 0.15) is 11.9 Å². The van der Waals surface area contributed by atoms with Gasteiger partial charge in [-0.3, -0.25) is 9.48 Å². The molecule has 1 amide bonds. The number of anilines is 1. The zero-order valence-electron chi connectivity index (χ0n) is 19.7. The maximum absolute atomic E-state index is 12.6. The molecule has 1 aromatic carbocycles. The van der Waals surface area contributed by atoms with Crippen LogP contribution in [0, 0.1) is 0 Å². The summed E-state index contributed by atoms with van der Waals surface area (Å²) < 4.78 is 1.69. The molecular weight excluding hydrogens is 430 g/mol. The number of amides is 1. The van der Waals surface area contributed by atoms with Gasteiger partial charge in [0, 0.05) is 30.2 Å². The molecular formula is C26H33N5O3. The third-order valence-corrected chi connectivity index (χ3v) is 6.49. The molecule has 0 aliphatic carbocycles. The van der Waals surface area contributed by atoms with Crippen molar-refractivity contribution in [2.45, 2.75) is 63.8 Å². The molecule has 8 nitrogen and oxygen atoms in total. The fourth-order valence-electron chi connectivity index (χ4n) is 4.48. The number of aryl methyl sites for hydroxylation is 3. The largest absolute Gasteiger partial charge is 0.480 e. The third-order valence-electron chi connectivity index (χ3n) is 6.49. The highest BCUT2D eigenvalue weighted by atomic mass is 16.4. The fourth-order valence-corrected chi connectivity index (χ4v) is 4.48. The lowest BCUT2D eigenvalue weighted by atomic mass is 10.0. The van der Waals surface area contributed by atoms with E-state index in [1.165, 1.54) is 12.0 Å². The van der Waals surface area contributed by atoms with Crippen LogP contribution in [0.5, 0.6) is 0 Å². The monoisotopic (exact) mass is 463 g/mol. The van der Waals surface area contributed by atoms with Gasteiger partial charge in [-0.05, 0) is 55.9 Å². The van der Waals surface area contributed by atoms with Gasteiger partial charge in [0.05, 0.1) is 11.7 Å². The van der Waals surface area contributed by atoms with Crippen LogP contribution in [0.4, 0.5) is 5.82 Å². The normalized spacial score (nSPS) is 13.8. The molecule has 0 saturated heterocycles. The van der Waals surface area contributed by atoms with E-state index in [0.29, 0.717) is 12.0 Å². The van der Waals surface area contributed by atoms with Crippen molar-refractivity contribution >= 4 is 28.6 Å². The van der Waals surface area contributed by atoms with Crippen LogP contribution in [-0.2, 0) is 24.7 Å². The van der Waals surface area contributed by atoms with Gasteiger partial charge in [0.2, 0.25) is 0 Å². The smallest absolute Gasteiger partial charge is 0.326 e. The number of hydrogen-bond donors (Lipinski definition) is 3. The number of unbranched alkanes of at least 4 members (excludes halogenated alkanes) is 4. The maximum Gasteiger partial charge on any atom is 0.326 e. The predicted molar refractivity (Wildman–Crippen MR) is 132 cm³/mol. The number of aromatic nitrogens is 3. The second-order valence-corrected chi connectivity index (χ2v) is 9.05. The molecule has 1 aliphatic rings. The van der Waals surface area contributed by atoms with E-state index in [4.69, 9.17) is 4.98 Å². The minimum absolute atomic E-state index is 0.373. The summed E-state index contributed by atoms with van der Waals surface area (Å²) >= 11 is 0. The average molecular weight is 464 g/mol. The molecule has 4 rings (SSSR count). The molecule has 0 bridgehead atoms. The Kier molecular flexibility index (Phi) is 7.77. The lowest BCUT2D eigenvalue weighted by Crippen LogP contribution is -2.40. The molecule has 0 spiro atoms. The molecule has 1 atom stereocenters. The molecule has 3 aromatic rings. The number of carboxylic acid groups (broad SMARTS) is 1. The average Bonchev–Trinajstić information content (AvgIpc) is 3.22. The van der Waals surface area contributed by atoms with Crippen LogP contribution < -0.4 is 10.6 Å². The topological polar surface area (TPSA) is 109 Å². The van der Waals surface area contributed by atoms with E-state index in [2.05, 4.69) is 27.9 Å². The van der Waals surface area contributed by atoms with Crippen molar-refractivity contribution in [1.82, 2.24) is 20.1 Å². The number of hydrogen-bond acceptors (Lipinski definition) is 5. The van der Waals surface area contributed by atoms with Gasteiger partial charge >= 0.3 is 5.97 Å². The summed E-state index contributed by atoms with van der Waals surface area (Å²) in [5.41, 5.74) is 3.72. The van der Waals surface area contributed by atoms with Crippen LogP contribution in [-0.4, -0.2) is 44.3 Å². The minimum Gasteiger partial charge on any atom is -0.480 e. The lowest BCUT2D eigenvalue weighted by molar-refractivity contribution is -0.139. The fraction of sp³-hybridized carbons (Fsp3) is 0.462. The molecule has 3 heterocycles. The highest BCUT2D eigenvalue weighted by Gasteiger charge is 2.20. The first-order valence-electron chi connectivity index (χ1n) is 12.2. The van der Waals surface area contributed by atoms with Crippen LogP contribution >= 0.6 is 0 Å². The van der Waals surface area contributed by atoms with Gasteiger partial charge in [-0.15, -0.1) is 0 Å². The lowest BCUT2D eigenvalue weighted by Gasteiger charge is -2.17. The van der Waals surface area contributed by atoms with Gasteiger partial charge < -0.3 is 15.7 Å². The standard InChI is InChI=1S/C26H33N5O3/c1-31-23-16-19(11-12-20(23)17-28-31)25(32)30-22(26(33)34)10-6-4-2-3-5-9-21-14-13-18-8-7-15-27-24(18)29-21/h11-14,16-17,22H,2-10,15H2,1H3,(H,27,29)(H,30,32)(H,33,34). The summed E-state index contributed by atoms with van der Waals surface area (Å²) in [6.07, 6.45) is 10.3. The van der Waals surface area contributed by atoms with E-state index in [1.54, 1.807) is 23.0 Å². The number of nitrogens with one attached hydrogen (secondary N) is 2. The SMILES string of the molecule is Cn1ncc2ccc(C(=O)NC(CCCCCCCc3ccc4c(n3)NCCC4)C(=O)O)cc21. The number of pyridine rings is 1. The minimum atomic E-state index is -0.998. The number of fused-ring (bicyclic) bond motifs is 2. The summed E-state index contributed by atoms with van der Waals surface area (Å²) in [6, 6.07) is 8.71. The molecule has 3 N–H and O–H groups in total. The zero-order valence-corrected chi connectivity index (χ0v) is 19.7. The number of aliphatic carboxylic acids is 1. The number of carbonyl (C=O) groups is 2. The molecule has 0 fully saturated rings. The number of benzene rings is 1. The molecule has 2 aromatic heterocycles. The van der Waals surface area contributed by atoms with E-state index in [-0.39, 0.29) is 5.91 Å². The first kappa shape index (κ1) is 23.7. The van der Waals surface area contributed by atoms with Gasteiger partial charge in [0.25, 0.3) is 5.91 Å². The molecule has 180 valence electrons. The maximum atomic E-state index is 12.6. The number of carboxylic acids is 1. The molecule has 1 unspecified atom stereocenters. The number of carbonyl (C=O) groups excluding carboxylic acids is 1. The van der Waals surface area contributed by atoms with Crippen molar-refractivity contribution in [3.63, 3.8) is 0 Å². The van der Waals surface area contributed by atoms with E-state index in [9.17, 15) is 14.7 Å². The Labute approximate surface area is 199 Å². The molecule has 0 radical (unpaired) electrons. The van der Waals surface area contributed by atoms with Crippen molar-refractivity contribution < 1.29 is 14.7 Å². The van der Waals surface area contributed by atoms with Crippen molar-refractivity contribution in [3.8, 4) is 0 Å². The second kappa shape index (κ2) is 11.1. The third kappa shape index (κ3) is 5.92. The Bertz CT molecular complexity index is 1160. The summed E-state index contributed by atoms with van der Waals surface area (Å²) in [5.74, 6) is -0.324. The van der Waals surface area contributed by atoms with Gasteiger partial charge in [-0.25, -0.2) is 9.78 Å². The van der Waals surface area contributed by atoms with E-state index in [1.807, 2.05) is 13.1 Å². The van der Waals surface area contributed by atoms with Crippen molar-refractivity contribution in [2.75, 3.05) is 11.9 Å². The summed E-state index contributed by atoms with van der Waals surface area (Å²) in [4.78, 5) is 29.0. The number of nitrogens with zero attached hydrogens (tertiary/aromatic N) is 3. The highest BCUT2D eigenvalue weighted by Crippen LogP contribution is 2.21. The first-order valence-corrected chi connectivity index (χ1v) is 12.2. The van der Waals surface area contributed by atoms with Crippen molar-refractivity contribution in [2.24, 2.45) is 7.05 Å². The van der Waals surface area contributed by atoms with Gasteiger partial charge in [-0.1, -0.05) is 37.8 Å². The molecule has 0 saturated carbocycles. The molecule has 1 aliphatic heterocycles.